The lowest BCUT2D eigenvalue weighted by atomic mass is 10.1. The molecule has 1 fully saturated rings. The van der Waals surface area contributed by atoms with Gasteiger partial charge in [-0.15, -0.1) is 11.6 Å². The zero-order chi connectivity index (χ0) is 12.7. The second-order valence-electron chi connectivity index (χ2n) is 5.19. The van der Waals surface area contributed by atoms with Gasteiger partial charge in [0.25, 0.3) is 0 Å². The molecule has 1 amide bonds. The Balaban J connectivity index is 1.91. The summed E-state index contributed by atoms with van der Waals surface area (Å²) in [6, 6.07) is 7.79. The highest BCUT2D eigenvalue weighted by Gasteiger charge is 2.41. The molecule has 0 spiro atoms. The summed E-state index contributed by atoms with van der Waals surface area (Å²) in [6.45, 7) is 0.665. The number of benzene rings is 1. The molecule has 4 heteroatoms. The lowest BCUT2D eigenvalue weighted by Gasteiger charge is -2.28. The van der Waals surface area contributed by atoms with Crippen LogP contribution in [0.2, 0.25) is 0 Å². The van der Waals surface area contributed by atoms with Crippen LogP contribution in [0.4, 0.5) is 0 Å². The quantitative estimate of drug-likeness (QED) is 0.828. The van der Waals surface area contributed by atoms with Crippen LogP contribution >= 0.6 is 11.6 Å². The third-order valence-electron chi connectivity index (χ3n) is 3.96. The fraction of sp³-hybridized carbons (Fsp3) is 0.500. The van der Waals surface area contributed by atoms with Crippen molar-refractivity contribution < 1.29 is 9.90 Å². The van der Waals surface area contributed by atoms with E-state index >= 15 is 0 Å². The maximum atomic E-state index is 12.0. The molecule has 1 aliphatic heterocycles. The lowest BCUT2D eigenvalue weighted by Crippen LogP contribution is -2.35. The van der Waals surface area contributed by atoms with Gasteiger partial charge in [-0.3, -0.25) is 4.79 Å². The number of carbonyl (C=O) groups excluding carboxylic acids is 1. The topological polar surface area (TPSA) is 40.5 Å². The van der Waals surface area contributed by atoms with Crippen LogP contribution < -0.4 is 0 Å². The van der Waals surface area contributed by atoms with Gasteiger partial charge >= 0.3 is 0 Å². The molecular weight excluding hydrogens is 250 g/mol. The highest BCUT2D eigenvalue weighted by atomic mass is 35.5. The molecule has 3 atom stereocenters. The average molecular weight is 266 g/mol. The van der Waals surface area contributed by atoms with Crippen molar-refractivity contribution in [3.63, 3.8) is 0 Å². The molecule has 0 radical (unpaired) electrons. The summed E-state index contributed by atoms with van der Waals surface area (Å²) in [5.41, 5.74) is 2.24. The van der Waals surface area contributed by atoms with Crippen LogP contribution in [0.5, 0.6) is 0 Å². The number of fused-ring (bicyclic) bond motifs is 1. The van der Waals surface area contributed by atoms with Gasteiger partial charge in [0.1, 0.15) is 0 Å². The van der Waals surface area contributed by atoms with Gasteiger partial charge in [0.05, 0.1) is 12.1 Å². The molecule has 1 aromatic rings. The van der Waals surface area contributed by atoms with Gasteiger partial charge in [-0.25, -0.2) is 0 Å². The molecule has 3 nitrogen and oxygen atoms in total. The summed E-state index contributed by atoms with van der Waals surface area (Å²) in [5, 5.41) is 10.2. The predicted octanol–water partition coefficient (Wildman–Crippen LogP) is 1.73. The first kappa shape index (κ1) is 12.0. The molecule has 96 valence electrons. The van der Waals surface area contributed by atoms with Gasteiger partial charge in [-0.2, -0.15) is 0 Å². The zero-order valence-corrected chi connectivity index (χ0v) is 10.8. The smallest absolute Gasteiger partial charge is 0.223 e. The molecule has 1 aromatic carbocycles. The van der Waals surface area contributed by atoms with Crippen LogP contribution in [0.3, 0.4) is 0 Å². The molecule has 2 aliphatic rings. The van der Waals surface area contributed by atoms with Gasteiger partial charge in [0.15, 0.2) is 0 Å². The summed E-state index contributed by atoms with van der Waals surface area (Å²) in [4.78, 5) is 13.9. The lowest BCUT2D eigenvalue weighted by molar-refractivity contribution is -0.131. The molecule has 0 bridgehead atoms. The Kier molecular flexibility index (Phi) is 3.04. The Labute approximate surface area is 111 Å². The Morgan fingerprint density at radius 1 is 1.33 bits per heavy atom. The fourth-order valence-corrected chi connectivity index (χ4v) is 3.32. The SMILES string of the molecule is O=C1CC(CCl)CN1C1c2ccccc2CC1O. The number of hydrogen-bond donors (Lipinski definition) is 1. The Hall–Kier alpha value is -1.06. The fourth-order valence-electron chi connectivity index (χ4n) is 3.11. The number of aliphatic hydroxyl groups is 1. The second-order valence-corrected chi connectivity index (χ2v) is 5.49. The van der Waals surface area contributed by atoms with Crippen molar-refractivity contribution in [1.29, 1.82) is 0 Å². The van der Waals surface area contributed by atoms with E-state index in [1.807, 2.05) is 29.2 Å². The first-order chi connectivity index (χ1) is 8.70. The Morgan fingerprint density at radius 3 is 2.83 bits per heavy atom. The molecule has 1 aliphatic carbocycles. The monoisotopic (exact) mass is 265 g/mol. The van der Waals surface area contributed by atoms with Crippen LogP contribution in [-0.4, -0.2) is 34.4 Å². The number of nitrogens with zero attached hydrogens (tertiary/aromatic N) is 1. The third-order valence-corrected chi connectivity index (χ3v) is 4.40. The first-order valence-electron chi connectivity index (χ1n) is 6.32. The minimum absolute atomic E-state index is 0.112. The van der Waals surface area contributed by atoms with E-state index in [2.05, 4.69) is 0 Å². The van der Waals surface area contributed by atoms with E-state index < -0.39 is 6.10 Å². The normalized spacial score (nSPS) is 30.9. The van der Waals surface area contributed by atoms with Gasteiger partial charge in [0.2, 0.25) is 5.91 Å². The van der Waals surface area contributed by atoms with E-state index in [0.29, 0.717) is 25.3 Å². The van der Waals surface area contributed by atoms with E-state index in [1.54, 1.807) is 0 Å². The Bertz CT molecular complexity index is 477. The van der Waals surface area contributed by atoms with Gasteiger partial charge in [-0.05, 0) is 17.0 Å². The summed E-state index contributed by atoms with van der Waals surface area (Å²) >= 11 is 5.84. The number of alkyl halides is 1. The molecule has 0 saturated carbocycles. The number of halogens is 1. The number of hydrogen-bond acceptors (Lipinski definition) is 2. The van der Waals surface area contributed by atoms with E-state index in [0.717, 1.165) is 11.1 Å². The summed E-state index contributed by atoms with van der Waals surface area (Å²) < 4.78 is 0. The first-order valence-corrected chi connectivity index (χ1v) is 6.85. The van der Waals surface area contributed by atoms with E-state index in [4.69, 9.17) is 11.6 Å². The molecule has 3 unspecified atom stereocenters. The average Bonchev–Trinajstić information content (AvgIpc) is 2.88. The van der Waals surface area contributed by atoms with Crippen molar-refractivity contribution in [2.24, 2.45) is 5.92 Å². The summed E-state index contributed by atoms with van der Waals surface area (Å²) in [5.74, 6) is 0.840. The number of aliphatic hydroxyl groups excluding tert-OH is 1. The molecule has 0 aromatic heterocycles. The van der Waals surface area contributed by atoms with Crippen LogP contribution in [-0.2, 0) is 11.2 Å². The standard InChI is InChI=1S/C14H16ClNO2/c15-7-9-5-13(18)16(8-9)14-11-4-2-1-3-10(11)6-12(14)17/h1-4,9,12,14,17H,5-8H2. The van der Waals surface area contributed by atoms with Gasteiger partial charge < -0.3 is 10.0 Å². The van der Waals surface area contributed by atoms with Crippen molar-refractivity contribution in [3.8, 4) is 0 Å². The van der Waals surface area contributed by atoms with Crippen LogP contribution in [0.1, 0.15) is 23.6 Å². The van der Waals surface area contributed by atoms with Crippen LogP contribution in [0, 0.1) is 5.92 Å². The highest BCUT2D eigenvalue weighted by Crippen LogP contribution is 2.39. The molecular formula is C14H16ClNO2. The van der Waals surface area contributed by atoms with Crippen molar-refractivity contribution >= 4 is 17.5 Å². The van der Waals surface area contributed by atoms with E-state index in [-0.39, 0.29) is 17.9 Å². The molecule has 1 heterocycles. The molecule has 1 saturated heterocycles. The van der Waals surface area contributed by atoms with Crippen molar-refractivity contribution in [2.75, 3.05) is 12.4 Å². The van der Waals surface area contributed by atoms with Gasteiger partial charge in [-0.1, -0.05) is 24.3 Å². The maximum absolute atomic E-state index is 12.0. The number of carbonyl (C=O) groups is 1. The maximum Gasteiger partial charge on any atom is 0.223 e. The molecule has 18 heavy (non-hydrogen) atoms. The minimum Gasteiger partial charge on any atom is -0.390 e. The Morgan fingerprint density at radius 2 is 2.11 bits per heavy atom. The van der Waals surface area contributed by atoms with Crippen molar-refractivity contribution in [3.05, 3.63) is 35.4 Å². The number of likely N-dealkylation sites (tertiary alicyclic amines) is 1. The predicted molar refractivity (Wildman–Crippen MR) is 69.4 cm³/mol. The van der Waals surface area contributed by atoms with Crippen LogP contribution in [0.15, 0.2) is 24.3 Å². The highest BCUT2D eigenvalue weighted by molar-refractivity contribution is 6.18. The zero-order valence-electron chi connectivity index (χ0n) is 10.1. The van der Waals surface area contributed by atoms with Gasteiger partial charge in [0, 0.05) is 25.3 Å². The number of rotatable bonds is 2. The van der Waals surface area contributed by atoms with Crippen LogP contribution in [0.25, 0.3) is 0 Å². The second kappa shape index (κ2) is 4.56. The number of amides is 1. The summed E-state index contributed by atoms with van der Waals surface area (Å²) in [6.07, 6.45) is 0.658. The van der Waals surface area contributed by atoms with E-state index in [9.17, 15) is 9.90 Å². The van der Waals surface area contributed by atoms with Crippen molar-refractivity contribution in [2.45, 2.75) is 25.0 Å². The molecule has 1 N–H and O–H groups in total. The minimum atomic E-state index is -0.486. The largest absolute Gasteiger partial charge is 0.390 e. The van der Waals surface area contributed by atoms with Crippen molar-refractivity contribution in [1.82, 2.24) is 4.90 Å². The van der Waals surface area contributed by atoms with E-state index in [1.165, 1.54) is 0 Å². The molecule has 3 rings (SSSR count). The third kappa shape index (κ3) is 1.82. The summed E-state index contributed by atoms with van der Waals surface area (Å²) in [7, 11) is 0.